The van der Waals surface area contributed by atoms with E-state index >= 15 is 0 Å². The van der Waals surface area contributed by atoms with Crippen molar-refractivity contribution in [1.82, 2.24) is 10.3 Å². The summed E-state index contributed by atoms with van der Waals surface area (Å²) in [4.78, 5) is 3.67. The molecule has 0 saturated heterocycles. The zero-order valence-electron chi connectivity index (χ0n) is 19.4. The number of aromatic hydroxyl groups is 1. The lowest BCUT2D eigenvalue weighted by molar-refractivity contribution is -0.117. The van der Waals surface area contributed by atoms with Crippen molar-refractivity contribution in [3.05, 3.63) is 58.3 Å². The van der Waals surface area contributed by atoms with Crippen LogP contribution in [-0.2, 0) is 24.7 Å². The first-order chi connectivity index (χ1) is 16.0. The van der Waals surface area contributed by atoms with E-state index in [0.29, 0.717) is 12.2 Å². The molecule has 4 atom stereocenters. The maximum Gasteiger partial charge on any atom is 0.166 e. The highest BCUT2D eigenvalue weighted by atomic mass is 16.5. The molecule has 4 N–H and O–H groups in total. The lowest BCUT2D eigenvalue weighted by Gasteiger charge is -2.57. The fraction of sp³-hybridized carbons (Fsp3) is 0.500. The van der Waals surface area contributed by atoms with Gasteiger partial charge in [0.25, 0.3) is 0 Å². The third kappa shape index (κ3) is 2.40. The van der Waals surface area contributed by atoms with Crippen LogP contribution in [0.2, 0.25) is 0 Å². The van der Waals surface area contributed by atoms with Gasteiger partial charge in [-0.1, -0.05) is 26.0 Å². The Morgan fingerprint density at radius 3 is 2.79 bits per heavy atom. The third-order valence-electron chi connectivity index (χ3n) is 9.15. The zero-order valence-corrected chi connectivity index (χ0v) is 19.4. The lowest BCUT2D eigenvalue weighted by Crippen LogP contribution is -2.70. The van der Waals surface area contributed by atoms with Crippen molar-refractivity contribution in [2.75, 3.05) is 6.54 Å². The molecule has 2 heterocycles. The van der Waals surface area contributed by atoms with Gasteiger partial charge in [0.1, 0.15) is 0 Å². The van der Waals surface area contributed by atoms with Crippen LogP contribution in [0.25, 0.3) is 10.9 Å². The minimum atomic E-state index is -1.00. The minimum absolute atomic E-state index is 0.0559. The van der Waals surface area contributed by atoms with Crippen molar-refractivity contribution in [3.63, 3.8) is 0 Å². The first-order valence-corrected chi connectivity index (χ1v) is 12.6. The molecule has 3 aliphatic carbocycles. The van der Waals surface area contributed by atoms with Crippen molar-refractivity contribution in [3.8, 4) is 11.5 Å². The fourth-order valence-electron chi connectivity index (χ4n) is 7.23. The molecule has 1 saturated carbocycles. The summed E-state index contributed by atoms with van der Waals surface area (Å²) in [6, 6.07) is 10.4. The minimum Gasteiger partial charge on any atom is -0.504 e. The summed E-state index contributed by atoms with van der Waals surface area (Å²) in [5.41, 5.74) is 5.25. The van der Waals surface area contributed by atoms with E-state index in [1.54, 1.807) is 6.07 Å². The first-order valence-electron chi connectivity index (χ1n) is 12.6. The molecule has 33 heavy (non-hydrogen) atoms. The Morgan fingerprint density at radius 1 is 1.18 bits per heavy atom. The number of fused-ring (bicyclic) bond motifs is 4. The Balaban J connectivity index is 1.49. The maximum atomic E-state index is 12.8. The van der Waals surface area contributed by atoms with E-state index in [1.165, 1.54) is 34.9 Å². The Labute approximate surface area is 194 Å². The number of benzene rings is 2. The van der Waals surface area contributed by atoms with Gasteiger partial charge in [0.05, 0.1) is 16.7 Å². The molecule has 4 aliphatic rings. The van der Waals surface area contributed by atoms with Crippen LogP contribution in [0.15, 0.2) is 30.3 Å². The van der Waals surface area contributed by atoms with E-state index in [2.05, 4.69) is 42.3 Å². The molecule has 7 rings (SSSR count). The number of ether oxygens (including phenoxy) is 1. The topological polar surface area (TPSA) is 77.5 Å². The Bertz CT molecular complexity index is 1290. The number of rotatable bonds is 5. The highest BCUT2D eigenvalue weighted by Gasteiger charge is 2.69. The molecule has 5 heteroatoms. The van der Waals surface area contributed by atoms with Gasteiger partial charge in [-0.25, -0.2) is 0 Å². The van der Waals surface area contributed by atoms with E-state index in [0.717, 1.165) is 48.5 Å². The molecule has 1 aliphatic heterocycles. The summed E-state index contributed by atoms with van der Waals surface area (Å²) in [6.07, 6.45) is 5.28. The highest BCUT2D eigenvalue weighted by Crippen LogP contribution is 2.67. The number of nitrogens with one attached hydrogen (secondary N) is 2. The summed E-state index contributed by atoms with van der Waals surface area (Å²) >= 11 is 0. The molecule has 2 aromatic carbocycles. The highest BCUT2D eigenvalue weighted by molar-refractivity contribution is 5.87. The SMILES string of the molecule is CCc1ccc2[nH]c3c(c2c1)CC1(O)C(NCC2CC2)Cc2ccc(O)c4c2C1(CC)[C@H]3O4. The molecule has 5 nitrogen and oxygen atoms in total. The van der Waals surface area contributed by atoms with Crippen molar-refractivity contribution >= 4 is 10.9 Å². The molecule has 3 unspecified atom stereocenters. The average Bonchev–Trinajstić information content (AvgIpc) is 3.48. The van der Waals surface area contributed by atoms with Gasteiger partial charge in [0.15, 0.2) is 17.6 Å². The van der Waals surface area contributed by atoms with Gasteiger partial charge in [0.2, 0.25) is 0 Å². The Kier molecular flexibility index (Phi) is 3.95. The van der Waals surface area contributed by atoms with E-state index in [4.69, 9.17) is 4.74 Å². The number of phenols is 1. The van der Waals surface area contributed by atoms with E-state index < -0.39 is 11.0 Å². The van der Waals surface area contributed by atoms with Crippen LogP contribution in [0.1, 0.15) is 67.2 Å². The summed E-state index contributed by atoms with van der Waals surface area (Å²) in [7, 11) is 0. The van der Waals surface area contributed by atoms with Crippen LogP contribution in [0.4, 0.5) is 0 Å². The van der Waals surface area contributed by atoms with Gasteiger partial charge in [-0.15, -0.1) is 0 Å². The number of aromatic amines is 1. The monoisotopic (exact) mass is 444 g/mol. The molecule has 0 bridgehead atoms. The van der Waals surface area contributed by atoms with Crippen LogP contribution in [0.3, 0.4) is 0 Å². The predicted octanol–water partition coefficient (Wildman–Crippen LogP) is 4.43. The van der Waals surface area contributed by atoms with Gasteiger partial charge < -0.3 is 25.3 Å². The van der Waals surface area contributed by atoms with Gasteiger partial charge >= 0.3 is 0 Å². The van der Waals surface area contributed by atoms with Gasteiger partial charge in [0, 0.05) is 28.9 Å². The van der Waals surface area contributed by atoms with E-state index in [-0.39, 0.29) is 17.9 Å². The number of phenolic OH excluding ortho intramolecular Hbond substituents is 1. The fourth-order valence-corrected chi connectivity index (χ4v) is 7.23. The van der Waals surface area contributed by atoms with Crippen LogP contribution in [0.5, 0.6) is 11.5 Å². The van der Waals surface area contributed by atoms with Crippen molar-refractivity contribution in [2.24, 2.45) is 5.92 Å². The number of H-pyrrole nitrogens is 1. The predicted molar refractivity (Wildman–Crippen MR) is 128 cm³/mol. The molecule has 1 fully saturated rings. The second-order valence-electron chi connectivity index (χ2n) is 10.7. The number of hydrogen-bond donors (Lipinski definition) is 4. The Hall–Kier alpha value is -2.50. The molecule has 172 valence electrons. The summed E-state index contributed by atoms with van der Waals surface area (Å²) in [5.74, 6) is 1.48. The number of aromatic nitrogens is 1. The summed E-state index contributed by atoms with van der Waals surface area (Å²) in [6.45, 7) is 5.30. The Morgan fingerprint density at radius 2 is 2.03 bits per heavy atom. The standard InChI is InChI=1S/C28H32N2O3/c1-3-15-7-9-20-18(11-15)19-13-28(32)22(29-14-16-5-6-16)12-17-8-10-21(31)25-23(17)27(28,4-2)26(33-25)24(19)30-20/h7-11,16,22,26,29-32H,3-6,12-14H2,1-2H3/t22?,26-,27?,28?/m0/s1. The molecule has 1 aromatic heterocycles. The van der Waals surface area contributed by atoms with Crippen LogP contribution in [-0.4, -0.2) is 33.4 Å². The third-order valence-corrected chi connectivity index (χ3v) is 9.15. The van der Waals surface area contributed by atoms with Crippen molar-refractivity contribution in [1.29, 1.82) is 0 Å². The summed E-state index contributed by atoms with van der Waals surface area (Å²) < 4.78 is 6.62. The molecule has 0 radical (unpaired) electrons. The molecular formula is C28H32N2O3. The quantitative estimate of drug-likeness (QED) is 0.470. The van der Waals surface area contributed by atoms with Gasteiger partial charge in [-0.3, -0.25) is 0 Å². The molecule has 0 spiro atoms. The number of hydrogen-bond acceptors (Lipinski definition) is 4. The average molecular weight is 445 g/mol. The smallest absolute Gasteiger partial charge is 0.166 e. The number of aliphatic hydroxyl groups is 1. The second kappa shape index (κ2) is 6.55. The largest absolute Gasteiger partial charge is 0.504 e. The van der Waals surface area contributed by atoms with Gasteiger partial charge in [-0.2, -0.15) is 0 Å². The van der Waals surface area contributed by atoms with Crippen LogP contribution >= 0.6 is 0 Å². The lowest BCUT2D eigenvalue weighted by atomic mass is 9.51. The van der Waals surface area contributed by atoms with Crippen molar-refractivity contribution in [2.45, 2.75) is 75.5 Å². The maximum absolute atomic E-state index is 12.8. The van der Waals surface area contributed by atoms with E-state index in [1.807, 2.05) is 6.07 Å². The molecular weight excluding hydrogens is 412 g/mol. The summed E-state index contributed by atoms with van der Waals surface area (Å²) in [5, 5.41) is 28.6. The molecule has 0 amide bonds. The second-order valence-corrected chi connectivity index (χ2v) is 10.7. The van der Waals surface area contributed by atoms with Crippen molar-refractivity contribution < 1.29 is 14.9 Å². The first kappa shape index (κ1) is 19.9. The number of aryl methyl sites for hydroxylation is 1. The molecule has 3 aromatic rings. The normalized spacial score (nSPS) is 31.4. The van der Waals surface area contributed by atoms with Crippen LogP contribution < -0.4 is 10.1 Å². The van der Waals surface area contributed by atoms with Gasteiger partial charge in [-0.05, 0) is 79.5 Å². The zero-order chi connectivity index (χ0) is 22.5. The van der Waals surface area contributed by atoms with Crippen LogP contribution in [0, 0.1) is 5.92 Å². The van der Waals surface area contributed by atoms with E-state index in [9.17, 15) is 10.2 Å².